The van der Waals surface area contributed by atoms with Gasteiger partial charge in [0.1, 0.15) is 34.9 Å². The van der Waals surface area contributed by atoms with Crippen LogP contribution < -0.4 is 22.1 Å². The van der Waals surface area contributed by atoms with Crippen LogP contribution >= 0.6 is 46.2 Å². The van der Waals surface area contributed by atoms with Crippen LogP contribution in [0.1, 0.15) is 38.1 Å². The Morgan fingerprint density at radius 3 is 1.63 bits per heavy atom. The van der Waals surface area contributed by atoms with Crippen LogP contribution in [0.4, 0.5) is 10.7 Å². The number of nitrogens with zero attached hydrogens (tertiary/aromatic N) is 2. The predicted octanol–water partition coefficient (Wildman–Crippen LogP) is 1.01. The lowest BCUT2D eigenvalue weighted by Gasteiger charge is -2.43. The van der Waals surface area contributed by atoms with E-state index in [1.807, 2.05) is 0 Å². The van der Waals surface area contributed by atoms with Gasteiger partial charge in [0.15, 0.2) is 0 Å². The number of aliphatic carboxylic acids is 2. The Bertz CT molecular complexity index is 1490. The van der Waals surface area contributed by atoms with Crippen molar-refractivity contribution in [1.82, 2.24) is 20.4 Å². The second-order valence-electron chi connectivity index (χ2n) is 12.2. The Hall–Kier alpha value is -3.48. The summed E-state index contributed by atoms with van der Waals surface area (Å²) < 4.78 is -1.19. The first-order valence-electron chi connectivity index (χ1n) is 14.1. The number of carboxylic acids is 2. The third kappa shape index (κ3) is 6.02. The van der Waals surface area contributed by atoms with Crippen LogP contribution in [0.2, 0.25) is 0 Å². The van der Waals surface area contributed by atoms with Crippen molar-refractivity contribution >= 4 is 92.5 Å². The molecule has 0 bridgehead atoms. The minimum atomic E-state index is -1.02. The highest BCUT2D eigenvalue weighted by molar-refractivity contribution is 8.02. The molecule has 248 valence electrons. The van der Waals surface area contributed by atoms with Crippen LogP contribution in [0.3, 0.4) is 0 Å². The van der Waals surface area contributed by atoms with Crippen molar-refractivity contribution in [3.63, 3.8) is 0 Å². The number of thioether (sulfide) groups is 2. The van der Waals surface area contributed by atoms with E-state index in [0.29, 0.717) is 10.7 Å². The van der Waals surface area contributed by atoms with E-state index in [-0.39, 0.29) is 47.2 Å². The number of amides is 4. The number of anilines is 2. The molecule has 14 nitrogen and oxygen atoms in total. The summed E-state index contributed by atoms with van der Waals surface area (Å²) >= 11 is 5.56. The molecule has 0 radical (unpaired) electrons. The highest BCUT2D eigenvalue weighted by Crippen LogP contribution is 2.51. The summed E-state index contributed by atoms with van der Waals surface area (Å²) in [4.78, 5) is 75.1. The van der Waals surface area contributed by atoms with Crippen LogP contribution in [0, 0.1) is 0 Å². The smallest absolute Gasteiger partial charge is 0.327 e. The van der Waals surface area contributed by atoms with E-state index in [2.05, 4.69) is 10.6 Å². The molecule has 0 aliphatic carbocycles. The maximum Gasteiger partial charge on any atom is 0.327 e. The molecule has 6 rings (SSSR count). The quantitative estimate of drug-likeness (QED) is 0.211. The van der Waals surface area contributed by atoms with Crippen molar-refractivity contribution in [2.24, 2.45) is 0 Å². The SMILES string of the molecule is CC1(C)S[C@@H]2C(NC(=O)Cc3ccsc3N)C(=O)N2[C@H]1C(=O)O.CC1(C)S[C@@H]2C(NC(=O)Cc3sccc3N)C(=O)N2[C@H]1C(=O)O. The Kier molecular flexibility index (Phi) is 9.04. The molecule has 4 aliphatic rings. The van der Waals surface area contributed by atoms with E-state index < -0.39 is 45.6 Å². The lowest BCUT2D eigenvalue weighted by atomic mass is 9.96. The summed E-state index contributed by atoms with van der Waals surface area (Å²) in [7, 11) is 0. The molecule has 18 heteroatoms. The first kappa shape index (κ1) is 33.9. The van der Waals surface area contributed by atoms with Crippen LogP contribution in [-0.4, -0.2) is 100.0 Å². The fraction of sp³-hybridized carbons (Fsp3) is 0.500. The molecule has 0 saturated carbocycles. The number of hydrogen-bond donors (Lipinski definition) is 6. The Morgan fingerprint density at radius 1 is 0.783 bits per heavy atom. The molecule has 2 aromatic heterocycles. The zero-order valence-corrected chi connectivity index (χ0v) is 28.5. The van der Waals surface area contributed by atoms with Gasteiger partial charge in [-0.25, -0.2) is 9.59 Å². The number of carboxylic acid groups (broad SMARTS) is 2. The molecule has 4 fully saturated rings. The molecule has 8 N–H and O–H groups in total. The highest BCUT2D eigenvalue weighted by Gasteiger charge is 2.65. The summed E-state index contributed by atoms with van der Waals surface area (Å²) in [6.45, 7) is 7.19. The molecule has 0 spiro atoms. The van der Waals surface area contributed by atoms with E-state index in [1.54, 1.807) is 50.6 Å². The van der Waals surface area contributed by atoms with Crippen LogP contribution in [-0.2, 0) is 41.6 Å². The van der Waals surface area contributed by atoms with Gasteiger partial charge in [-0.15, -0.1) is 46.2 Å². The molecule has 2 aromatic rings. The van der Waals surface area contributed by atoms with Gasteiger partial charge < -0.3 is 42.1 Å². The summed E-state index contributed by atoms with van der Waals surface area (Å²) in [5.41, 5.74) is 12.8. The molecule has 4 saturated heterocycles. The van der Waals surface area contributed by atoms with Crippen molar-refractivity contribution in [2.75, 3.05) is 11.5 Å². The molecule has 6 atom stereocenters. The standard InChI is InChI=1S/2C14H17N3O4S2/c1-14(2)10(13(20)21)17-11(19)9(12(17)23-14)16-8(18)5-7-6(15)3-4-22-7;1-14(2)9(13(20)21)17-11(19)8(12(17)23-14)16-7(18)5-6-3-4-22-10(6)15/h3-4,9-10,12H,5,15H2,1-2H3,(H,16,18)(H,20,21);3-4,8-9,12H,5,15H2,1-2H3,(H,16,18)(H,20,21)/t9?,10-,12+;8?,9-,12+/m00/s1. The van der Waals surface area contributed by atoms with Gasteiger partial charge in [0.2, 0.25) is 23.6 Å². The number of thiophene rings is 2. The number of carbonyl (C=O) groups is 6. The first-order valence-corrected chi connectivity index (χ1v) is 17.6. The van der Waals surface area contributed by atoms with Crippen LogP contribution in [0.25, 0.3) is 0 Å². The average Bonchev–Trinajstić information content (AvgIpc) is 3.68. The van der Waals surface area contributed by atoms with E-state index in [1.165, 1.54) is 56.0 Å². The third-order valence-electron chi connectivity index (χ3n) is 8.22. The lowest BCUT2D eigenvalue weighted by Crippen LogP contribution is -2.70. The molecule has 4 aliphatic heterocycles. The molecule has 46 heavy (non-hydrogen) atoms. The third-order valence-corrected chi connectivity index (χ3v) is 13.1. The minimum Gasteiger partial charge on any atom is -0.480 e. The number of hydrogen-bond acceptors (Lipinski definition) is 12. The zero-order valence-electron chi connectivity index (χ0n) is 25.2. The Morgan fingerprint density at radius 2 is 1.24 bits per heavy atom. The summed E-state index contributed by atoms with van der Waals surface area (Å²) in [6, 6.07) is 0.434. The number of nitrogens with two attached hydrogens (primary N) is 2. The normalized spacial score (nSPS) is 28.2. The van der Waals surface area contributed by atoms with E-state index in [0.717, 1.165) is 10.4 Å². The first-order chi connectivity index (χ1) is 21.4. The van der Waals surface area contributed by atoms with E-state index >= 15 is 0 Å². The highest BCUT2D eigenvalue weighted by atomic mass is 32.2. The fourth-order valence-electron chi connectivity index (χ4n) is 6.05. The fourth-order valence-corrected chi connectivity index (χ4v) is 10.8. The van der Waals surface area contributed by atoms with Crippen LogP contribution in [0.5, 0.6) is 0 Å². The molecule has 2 unspecified atom stereocenters. The number of β-lactam (4-membered cyclic amide) rings is 2. The summed E-state index contributed by atoms with van der Waals surface area (Å²) in [6.07, 6.45) is 0.235. The minimum absolute atomic E-state index is 0.113. The summed E-state index contributed by atoms with van der Waals surface area (Å²) in [5, 5.41) is 27.7. The zero-order chi connectivity index (χ0) is 33.9. The van der Waals surface area contributed by atoms with Crippen LogP contribution in [0.15, 0.2) is 22.9 Å². The van der Waals surface area contributed by atoms with Gasteiger partial charge in [-0.05, 0) is 56.2 Å². The van der Waals surface area contributed by atoms with Crippen molar-refractivity contribution in [1.29, 1.82) is 0 Å². The number of fused-ring (bicyclic) bond motifs is 2. The van der Waals surface area contributed by atoms with E-state index in [9.17, 15) is 39.0 Å². The van der Waals surface area contributed by atoms with Gasteiger partial charge in [0, 0.05) is 20.1 Å². The second kappa shape index (κ2) is 12.3. The number of carbonyl (C=O) groups excluding carboxylic acids is 4. The predicted molar refractivity (Wildman–Crippen MR) is 176 cm³/mol. The van der Waals surface area contributed by atoms with Gasteiger partial charge in [-0.3, -0.25) is 19.2 Å². The molecule has 4 amide bonds. The van der Waals surface area contributed by atoms with Crippen molar-refractivity contribution < 1.29 is 39.0 Å². The maximum atomic E-state index is 12.3. The lowest BCUT2D eigenvalue weighted by molar-refractivity contribution is -0.161. The van der Waals surface area contributed by atoms with Gasteiger partial charge in [-0.1, -0.05) is 0 Å². The van der Waals surface area contributed by atoms with E-state index in [4.69, 9.17) is 11.5 Å². The molecule has 6 heterocycles. The maximum absolute atomic E-state index is 12.3. The van der Waals surface area contributed by atoms with Crippen molar-refractivity contribution in [3.8, 4) is 0 Å². The number of nitrogen functional groups attached to an aromatic ring is 2. The largest absolute Gasteiger partial charge is 0.480 e. The second-order valence-corrected chi connectivity index (χ2v) is 17.7. The number of rotatable bonds is 8. The molecular weight excluding hydrogens is 677 g/mol. The van der Waals surface area contributed by atoms with Crippen molar-refractivity contribution in [3.05, 3.63) is 33.3 Å². The average molecular weight is 711 g/mol. The van der Waals surface area contributed by atoms with Gasteiger partial charge in [-0.2, -0.15) is 0 Å². The Labute approximate surface area is 280 Å². The Balaban J connectivity index is 0.000000181. The topological polar surface area (TPSA) is 225 Å². The number of nitrogens with one attached hydrogen (secondary N) is 2. The van der Waals surface area contributed by atoms with Crippen molar-refractivity contribution in [2.45, 2.75) is 84.9 Å². The van der Waals surface area contributed by atoms with Gasteiger partial charge in [0.25, 0.3) is 0 Å². The summed E-state index contributed by atoms with van der Waals surface area (Å²) in [5.74, 6) is -3.29. The molecule has 0 aromatic carbocycles. The van der Waals surface area contributed by atoms with Gasteiger partial charge in [0.05, 0.1) is 17.8 Å². The monoisotopic (exact) mass is 710 g/mol. The van der Waals surface area contributed by atoms with Gasteiger partial charge >= 0.3 is 11.9 Å². The molecular formula is C28H34N6O8S4.